The summed E-state index contributed by atoms with van der Waals surface area (Å²) in [7, 11) is 3.28. The maximum Gasteiger partial charge on any atom is 0.226 e. The minimum atomic E-state index is 0.0674. The van der Waals surface area contributed by atoms with Crippen LogP contribution in [0.1, 0.15) is 29.2 Å². The van der Waals surface area contributed by atoms with Crippen molar-refractivity contribution in [1.29, 1.82) is 0 Å². The number of hydrogen-bond donors (Lipinski definition) is 0. The van der Waals surface area contributed by atoms with Gasteiger partial charge < -0.3 is 18.8 Å². The van der Waals surface area contributed by atoms with Gasteiger partial charge in [0.1, 0.15) is 5.76 Å². The van der Waals surface area contributed by atoms with Crippen LogP contribution in [0.5, 0.6) is 11.5 Å². The van der Waals surface area contributed by atoms with Crippen molar-refractivity contribution in [3.63, 3.8) is 0 Å². The van der Waals surface area contributed by atoms with Crippen molar-refractivity contribution >= 4 is 5.91 Å². The highest BCUT2D eigenvalue weighted by molar-refractivity contribution is 5.83. The molecule has 2 atom stereocenters. The first kappa shape index (κ1) is 15.1. The molecule has 2 aliphatic rings. The van der Waals surface area contributed by atoms with Crippen LogP contribution >= 0.6 is 0 Å². The van der Waals surface area contributed by atoms with E-state index in [1.807, 2.05) is 29.2 Å². The van der Waals surface area contributed by atoms with E-state index in [-0.39, 0.29) is 17.7 Å². The summed E-state index contributed by atoms with van der Waals surface area (Å²) in [6.07, 6.45) is 3.41. The number of nitrogens with zero attached hydrogens (tertiary/aromatic N) is 1. The van der Waals surface area contributed by atoms with Gasteiger partial charge in [0.15, 0.2) is 11.5 Å². The number of amides is 1. The Morgan fingerprint density at radius 3 is 2.62 bits per heavy atom. The molecule has 24 heavy (non-hydrogen) atoms. The number of fused-ring (bicyclic) bond motifs is 1. The maximum atomic E-state index is 12.8. The van der Waals surface area contributed by atoms with Crippen LogP contribution in [0, 0.1) is 5.92 Å². The van der Waals surface area contributed by atoms with Gasteiger partial charge in [-0.2, -0.15) is 0 Å². The number of carbonyl (C=O) groups excluding carboxylic acids is 1. The van der Waals surface area contributed by atoms with Gasteiger partial charge in [0.25, 0.3) is 0 Å². The van der Waals surface area contributed by atoms with Crippen LogP contribution in [-0.2, 0) is 17.8 Å². The van der Waals surface area contributed by atoms with Crippen molar-refractivity contribution in [3.05, 3.63) is 47.4 Å². The number of rotatable bonds is 4. The second-order valence-electron chi connectivity index (χ2n) is 6.45. The zero-order valence-electron chi connectivity index (χ0n) is 14.0. The van der Waals surface area contributed by atoms with Crippen LogP contribution in [0.4, 0.5) is 0 Å². The van der Waals surface area contributed by atoms with Crippen molar-refractivity contribution in [2.45, 2.75) is 25.3 Å². The van der Waals surface area contributed by atoms with Crippen molar-refractivity contribution in [2.75, 3.05) is 20.8 Å². The third-order valence-electron chi connectivity index (χ3n) is 5.05. The number of methoxy groups -OCH3 is 2. The van der Waals surface area contributed by atoms with Gasteiger partial charge in [0, 0.05) is 24.9 Å². The van der Waals surface area contributed by atoms with Crippen molar-refractivity contribution in [1.82, 2.24) is 4.90 Å². The van der Waals surface area contributed by atoms with Crippen molar-refractivity contribution in [2.24, 2.45) is 5.92 Å². The number of furan rings is 1. The standard InChI is InChI=1S/C19H21NO4/c1-22-17-8-12-5-6-20(11-13(12)9-18(17)23-2)19(21)15-10-14(15)16-4-3-7-24-16/h3-4,7-9,14-15H,5-6,10-11H2,1-2H3/t14-,15-/m0/s1. The molecular formula is C19H21NO4. The summed E-state index contributed by atoms with van der Waals surface area (Å²) in [6.45, 7) is 1.39. The molecule has 1 aromatic carbocycles. The van der Waals surface area contributed by atoms with E-state index in [1.54, 1.807) is 20.5 Å². The maximum absolute atomic E-state index is 12.8. The second-order valence-corrected chi connectivity index (χ2v) is 6.45. The van der Waals surface area contributed by atoms with Gasteiger partial charge in [0.2, 0.25) is 5.91 Å². The highest BCUT2D eigenvalue weighted by atomic mass is 16.5. The summed E-state index contributed by atoms with van der Waals surface area (Å²) in [5.74, 6) is 2.94. The molecule has 5 nitrogen and oxygen atoms in total. The van der Waals surface area contributed by atoms with Crippen LogP contribution in [0.25, 0.3) is 0 Å². The zero-order valence-corrected chi connectivity index (χ0v) is 14.0. The third kappa shape index (κ3) is 2.54. The first-order chi connectivity index (χ1) is 11.7. The lowest BCUT2D eigenvalue weighted by molar-refractivity contribution is -0.133. The highest BCUT2D eigenvalue weighted by Crippen LogP contribution is 2.49. The first-order valence-corrected chi connectivity index (χ1v) is 8.27. The lowest BCUT2D eigenvalue weighted by atomic mass is 9.98. The third-order valence-corrected chi connectivity index (χ3v) is 5.05. The Bertz CT molecular complexity index is 753. The molecule has 2 heterocycles. The van der Waals surface area contributed by atoms with Gasteiger partial charge in [-0.15, -0.1) is 0 Å². The molecule has 1 aliphatic carbocycles. The molecule has 2 aromatic rings. The van der Waals surface area contributed by atoms with E-state index in [0.717, 1.165) is 36.5 Å². The van der Waals surface area contributed by atoms with Gasteiger partial charge in [-0.1, -0.05) is 0 Å². The molecule has 0 N–H and O–H groups in total. The van der Waals surface area contributed by atoms with E-state index in [4.69, 9.17) is 13.9 Å². The molecule has 0 unspecified atom stereocenters. The molecule has 1 saturated carbocycles. The smallest absolute Gasteiger partial charge is 0.226 e. The van der Waals surface area contributed by atoms with E-state index in [1.165, 1.54) is 5.56 Å². The van der Waals surface area contributed by atoms with Gasteiger partial charge in [0.05, 0.1) is 20.5 Å². The van der Waals surface area contributed by atoms with Gasteiger partial charge in [-0.3, -0.25) is 4.79 Å². The largest absolute Gasteiger partial charge is 0.493 e. The molecule has 0 saturated heterocycles. The fourth-order valence-corrected chi connectivity index (χ4v) is 3.59. The van der Waals surface area contributed by atoms with Crippen LogP contribution in [0.3, 0.4) is 0 Å². The summed E-state index contributed by atoms with van der Waals surface area (Å²) in [5, 5.41) is 0. The highest BCUT2D eigenvalue weighted by Gasteiger charge is 2.47. The van der Waals surface area contributed by atoms with Crippen LogP contribution < -0.4 is 9.47 Å². The summed E-state index contributed by atoms with van der Waals surface area (Å²) < 4.78 is 16.2. The molecular weight excluding hydrogens is 306 g/mol. The molecule has 0 bridgehead atoms. The Labute approximate surface area is 141 Å². The van der Waals surface area contributed by atoms with Gasteiger partial charge in [-0.25, -0.2) is 0 Å². The quantitative estimate of drug-likeness (QED) is 0.866. The van der Waals surface area contributed by atoms with Crippen molar-refractivity contribution < 1.29 is 18.7 Å². The van der Waals surface area contributed by atoms with E-state index in [9.17, 15) is 4.79 Å². The van der Waals surface area contributed by atoms with Crippen molar-refractivity contribution in [3.8, 4) is 11.5 Å². The number of benzene rings is 1. The molecule has 126 valence electrons. The minimum absolute atomic E-state index is 0.0674. The monoisotopic (exact) mass is 327 g/mol. The predicted octanol–water partition coefficient (Wildman–Crippen LogP) is 2.99. The molecule has 5 heteroatoms. The van der Waals surface area contributed by atoms with Crippen LogP contribution in [0.2, 0.25) is 0 Å². The Balaban J connectivity index is 1.49. The number of ether oxygens (including phenoxy) is 2. The lowest BCUT2D eigenvalue weighted by Crippen LogP contribution is -2.37. The fraction of sp³-hybridized carbons (Fsp3) is 0.421. The van der Waals surface area contributed by atoms with E-state index in [0.29, 0.717) is 12.3 Å². The van der Waals surface area contributed by atoms with E-state index >= 15 is 0 Å². The predicted molar refractivity (Wildman–Crippen MR) is 88.2 cm³/mol. The SMILES string of the molecule is COc1cc2c(cc1OC)CN(C(=O)[C@H]1C[C@@H]1c1ccco1)CC2. The number of carbonyl (C=O) groups is 1. The molecule has 4 rings (SSSR count). The van der Waals surface area contributed by atoms with Crippen LogP contribution in [0.15, 0.2) is 34.9 Å². The summed E-state index contributed by atoms with van der Waals surface area (Å²) in [6, 6.07) is 7.86. The first-order valence-electron chi connectivity index (χ1n) is 8.27. The topological polar surface area (TPSA) is 51.9 Å². The van der Waals surface area contributed by atoms with Crippen LogP contribution in [-0.4, -0.2) is 31.6 Å². The molecule has 1 amide bonds. The minimum Gasteiger partial charge on any atom is -0.493 e. The van der Waals surface area contributed by atoms with E-state index in [2.05, 4.69) is 0 Å². The van der Waals surface area contributed by atoms with E-state index < -0.39 is 0 Å². The average Bonchev–Trinajstić information content (AvgIpc) is 3.23. The summed E-state index contributed by atoms with van der Waals surface area (Å²) >= 11 is 0. The normalized spacial score (nSPS) is 22.0. The van der Waals surface area contributed by atoms with Gasteiger partial charge in [-0.05, 0) is 48.2 Å². The average molecular weight is 327 g/mol. The number of hydrogen-bond acceptors (Lipinski definition) is 4. The Hall–Kier alpha value is -2.43. The summed E-state index contributed by atoms with van der Waals surface area (Å²) in [5.41, 5.74) is 2.37. The molecule has 0 spiro atoms. The van der Waals surface area contributed by atoms with Gasteiger partial charge >= 0.3 is 0 Å². The Morgan fingerprint density at radius 1 is 1.21 bits per heavy atom. The molecule has 1 aliphatic heterocycles. The summed E-state index contributed by atoms with van der Waals surface area (Å²) in [4.78, 5) is 14.7. The lowest BCUT2D eigenvalue weighted by Gasteiger charge is -2.30. The second kappa shape index (κ2) is 5.89. The molecule has 1 fully saturated rings. The Kier molecular flexibility index (Phi) is 3.71. The molecule has 1 aromatic heterocycles. The molecule has 0 radical (unpaired) electrons. The fourth-order valence-electron chi connectivity index (χ4n) is 3.59. The Morgan fingerprint density at radius 2 is 1.96 bits per heavy atom. The zero-order chi connectivity index (χ0) is 16.7.